The summed E-state index contributed by atoms with van der Waals surface area (Å²) in [4.78, 5) is 28.2. The number of nitrogens with zero attached hydrogens (tertiary/aromatic N) is 3. The molecule has 1 heterocycles. The van der Waals surface area contributed by atoms with Gasteiger partial charge in [0.15, 0.2) is 5.16 Å². The van der Waals surface area contributed by atoms with E-state index in [0.29, 0.717) is 12.3 Å². The monoisotopic (exact) mass is 554 g/mol. The van der Waals surface area contributed by atoms with Crippen LogP contribution < -0.4 is 5.32 Å². The van der Waals surface area contributed by atoms with Crippen molar-refractivity contribution >= 4 is 35.0 Å². The largest absolute Gasteiger partial charge is 0.351 e. The summed E-state index contributed by atoms with van der Waals surface area (Å²) >= 11 is 7.65. The van der Waals surface area contributed by atoms with Crippen LogP contribution in [0.1, 0.15) is 10.4 Å². The van der Waals surface area contributed by atoms with E-state index >= 15 is 0 Å². The molecular formula is C30H23ClN4O3S. The minimum absolute atomic E-state index is 0.0361. The van der Waals surface area contributed by atoms with Gasteiger partial charge in [-0.25, -0.2) is 4.98 Å². The molecule has 0 unspecified atom stereocenters. The Morgan fingerprint density at radius 1 is 0.897 bits per heavy atom. The van der Waals surface area contributed by atoms with Crippen LogP contribution in [0.5, 0.6) is 0 Å². The fourth-order valence-electron chi connectivity index (χ4n) is 4.18. The topological polar surface area (TPSA) is 90.1 Å². The number of para-hydroxylation sites is 1. The first-order valence-corrected chi connectivity index (χ1v) is 13.5. The number of aromatic nitrogens is 2. The second kappa shape index (κ2) is 12.0. The van der Waals surface area contributed by atoms with E-state index in [1.807, 2.05) is 78.9 Å². The van der Waals surface area contributed by atoms with E-state index < -0.39 is 10.8 Å². The summed E-state index contributed by atoms with van der Waals surface area (Å²) in [6.07, 6.45) is 0. The number of non-ortho nitro benzene ring substituents is 1. The van der Waals surface area contributed by atoms with Gasteiger partial charge in [-0.15, -0.1) is 0 Å². The van der Waals surface area contributed by atoms with Crippen molar-refractivity contribution in [3.05, 3.63) is 130 Å². The van der Waals surface area contributed by atoms with Crippen molar-refractivity contribution < 1.29 is 9.72 Å². The summed E-state index contributed by atoms with van der Waals surface area (Å²) in [5.74, 6) is 0.152. The Morgan fingerprint density at radius 2 is 1.51 bits per heavy atom. The Bertz CT molecular complexity index is 1610. The highest BCUT2D eigenvalue weighted by Crippen LogP contribution is 2.38. The third kappa shape index (κ3) is 5.87. The van der Waals surface area contributed by atoms with Gasteiger partial charge in [-0.1, -0.05) is 102 Å². The molecule has 4 aromatic carbocycles. The van der Waals surface area contributed by atoms with Crippen molar-refractivity contribution in [1.29, 1.82) is 0 Å². The van der Waals surface area contributed by atoms with Gasteiger partial charge in [-0.2, -0.15) is 0 Å². The first-order valence-electron chi connectivity index (χ1n) is 12.2. The molecule has 0 radical (unpaired) electrons. The van der Waals surface area contributed by atoms with Gasteiger partial charge in [0, 0.05) is 41.2 Å². The van der Waals surface area contributed by atoms with Crippen LogP contribution in [0, 0.1) is 10.1 Å². The van der Waals surface area contributed by atoms with Crippen molar-refractivity contribution in [1.82, 2.24) is 14.9 Å². The fraction of sp³-hybridized carbons (Fsp3) is 0.0667. The zero-order valence-corrected chi connectivity index (χ0v) is 22.2. The number of hydrogen-bond acceptors (Lipinski definition) is 5. The molecule has 0 bridgehead atoms. The van der Waals surface area contributed by atoms with Crippen molar-refractivity contribution in [2.75, 3.05) is 12.3 Å². The summed E-state index contributed by atoms with van der Waals surface area (Å²) in [6.45, 7) is 0.347. The van der Waals surface area contributed by atoms with E-state index in [9.17, 15) is 14.9 Å². The van der Waals surface area contributed by atoms with Gasteiger partial charge in [0.2, 0.25) is 0 Å². The molecule has 9 heteroatoms. The maximum atomic E-state index is 12.7. The SMILES string of the molecule is O=C(NCCSc1nc(-c2ccccc2)c(-c2ccccc2)n1-c1ccccc1)c1ccc([N+](=O)[O-])cc1Cl. The van der Waals surface area contributed by atoms with Crippen LogP contribution in [-0.2, 0) is 0 Å². The van der Waals surface area contributed by atoms with Crippen LogP contribution in [0.15, 0.2) is 114 Å². The number of hydrogen-bond donors (Lipinski definition) is 1. The predicted octanol–water partition coefficient (Wildman–Crippen LogP) is 7.29. The van der Waals surface area contributed by atoms with E-state index in [0.717, 1.165) is 33.4 Å². The lowest BCUT2D eigenvalue weighted by molar-refractivity contribution is -0.384. The summed E-state index contributed by atoms with van der Waals surface area (Å²) < 4.78 is 2.15. The zero-order chi connectivity index (χ0) is 27.2. The average Bonchev–Trinajstić information content (AvgIpc) is 3.36. The highest BCUT2D eigenvalue weighted by molar-refractivity contribution is 7.99. The average molecular weight is 555 g/mol. The number of thioether (sulfide) groups is 1. The molecule has 1 N–H and O–H groups in total. The molecule has 0 saturated carbocycles. The second-order valence-corrected chi connectivity index (χ2v) is 9.99. The molecule has 0 aliphatic carbocycles. The molecule has 5 aromatic rings. The Labute approximate surface area is 234 Å². The van der Waals surface area contributed by atoms with Crippen LogP contribution in [0.25, 0.3) is 28.2 Å². The summed E-state index contributed by atoms with van der Waals surface area (Å²) in [6, 6.07) is 34.1. The molecule has 39 heavy (non-hydrogen) atoms. The predicted molar refractivity (Wildman–Crippen MR) is 156 cm³/mol. The zero-order valence-electron chi connectivity index (χ0n) is 20.7. The van der Waals surface area contributed by atoms with Gasteiger partial charge in [0.25, 0.3) is 11.6 Å². The van der Waals surface area contributed by atoms with Gasteiger partial charge in [0.1, 0.15) is 0 Å². The highest BCUT2D eigenvalue weighted by Gasteiger charge is 2.22. The molecule has 0 fully saturated rings. The lowest BCUT2D eigenvalue weighted by Gasteiger charge is -2.13. The molecule has 0 spiro atoms. The third-order valence-corrected chi connectivity index (χ3v) is 7.24. The number of rotatable bonds is 9. The minimum atomic E-state index is -0.549. The van der Waals surface area contributed by atoms with Crippen LogP contribution in [0.3, 0.4) is 0 Å². The number of carbonyl (C=O) groups excluding carboxylic acids is 1. The van der Waals surface area contributed by atoms with Crippen molar-refractivity contribution in [2.45, 2.75) is 5.16 Å². The molecular weight excluding hydrogens is 532 g/mol. The van der Waals surface area contributed by atoms with Crippen molar-refractivity contribution in [2.24, 2.45) is 0 Å². The molecule has 194 valence electrons. The maximum Gasteiger partial charge on any atom is 0.270 e. The van der Waals surface area contributed by atoms with Crippen LogP contribution in [0.2, 0.25) is 5.02 Å². The number of nitro groups is 1. The quantitative estimate of drug-likeness (QED) is 0.0894. The Kier molecular flexibility index (Phi) is 8.05. The van der Waals surface area contributed by atoms with Gasteiger partial charge in [-0.05, 0) is 18.2 Å². The third-order valence-electron chi connectivity index (χ3n) is 5.98. The van der Waals surface area contributed by atoms with Crippen LogP contribution in [-0.4, -0.2) is 32.7 Å². The summed E-state index contributed by atoms with van der Waals surface area (Å²) in [7, 11) is 0. The lowest BCUT2D eigenvalue weighted by atomic mass is 10.0. The van der Waals surface area contributed by atoms with Crippen LogP contribution >= 0.6 is 23.4 Å². The van der Waals surface area contributed by atoms with E-state index in [-0.39, 0.29) is 16.3 Å². The number of carbonyl (C=O) groups is 1. The molecule has 0 aliphatic rings. The van der Waals surface area contributed by atoms with Crippen molar-refractivity contribution in [3.63, 3.8) is 0 Å². The van der Waals surface area contributed by atoms with Gasteiger partial charge < -0.3 is 5.32 Å². The number of amides is 1. The molecule has 0 saturated heterocycles. The Balaban J connectivity index is 1.43. The maximum absolute atomic E-state index is 12.7. The van der Waals surface area contributed by atoms with E-state index in [1.54, 1.807) is 0 Å². The first kappa shape index (κ1) is 26.2. The minimum Gasteiger partial charge on any atom is -0.351 e. The number of nitro benzene ring substituents is 1. The summed E-state index contributed by atoms with van der Waals surface area (Å²) in [5.41, 5.74) is 4.91. The lowest BCUT2D eigenvalue weighted by Crippen LogP contribution is -2.26. The van der Waals surface area contributed by atoms with E-state index in [2.05, 4.69) is 22.0 Å². The standard InChI is InChI=1S/C30H23ClN4O3S/c31-26-20-24(35(37)38)16-17-25(26)29(36)32-18-19-39-30-33-27(21-10-4-1-5-11-21)28(22-12-6-2-7-13-22)34(30)23-14-8-3-9-15-23/h1-17,20H,18-19H2,(H,32,36). The number of benzene rings is 4. The molecule has 0 atom stereocenters. The number of imidazole rings is 1. The molecule has 5 rings (SSSR count). The Morgan fingerprint density at radius 3 is 2.13 bits per heavy atom. The fourth-order valence-corrected chi connectivity index (χ4v) is 5.31. The molecule has 7 nitrogen and oxygen atoms in total. The van der Waals surface area contributed by atoms with Gasteiger partial charge in [-0.3, -0.25) is 19.5 Å². The molecule has 1 aromatic heterocycles. The van der Waals surface area contributed by atoms with Gasteiger partial charge >= 0.3 is 0 Å². The summed E-state index contributed by atoms with van der Waals surface area (Å²) in [5, 5.41) is 14.6. The first-order chi connectivity index (χ1) is 19.0. The normalized spacial score (nSPS) is 10.8. The van der Waals surface area contributed by atoms with E-state index in [4.69, 9.17) is 16.6 Å². The smallest absolute Gasteiger partial charge is 0.270 e. The number of halogens is 1. The second-order valence-electron chi connectivity index (χ2n) is 8.52. The molecule has 0 aliphatic heterocycles. The van der Waals surface area contributed by atoms with Crippen LogP contribution in [0.4, 0.5) is 5.69 Å². The molecule has 1 amide bonds. The Hall–Kier alpha value is -4.40. The van der Waals surface area contributed by atoms with Gasteiger partial charge in [0.05, 0.1) is 26.9 Å². The number of nitrogens with one attached hydrogen (secondary N) is 1. The van der Waals surface area contributed by atoms with Crippen molar-refractivity contribution in [3.8, 4) is 28.2 Å². The van der Waals surface area contributed by atoms with E-state index in [1.165, 1.54) is 30.0 Å². The highest BCUT2D eigenvalue weighted by atomic mass is 35.5.